The van der Waals surface area contributed by atoms with E-state index in [-0.39, 0.29) is 5.41 Å². The molecule has 1 heterocycles. The van der Waals surface area contributed by atoms with Crippen LogP contribution in [0, 0.1) is 6.92 Å². The van der Waals surface area contributed by atoms with E-state index in [1.54, 1.807) is 0 Å². The number of fused-ring (bicyclic) bond motifs is 1. The zero-order chi connectivity index (χ0) is 13.3. The van der Waals surface area contributed by atoms with E-state index in [4.69, 9.17) is 10.7 Å². The third kappa shape index (κ3) is 2.27. The van der Waals surface area contributed by atoms with Gasteiger partial charge in [0.05, 0.1) is 11.0 Å². The zero-order valence-electron chi connectivity index (χ0n) is 11.7. The Morgan fingerprint density at radius 3 is 2.63 bits per heavy atom. The first-order valence-corrected chi connectivity index (χ1v) is 7.40. The fraction of sp³-hybridized carbons (Fsp3) is 0.562. The molecule has 1 aromatic heterocycles. The van der Waals surface area contributed by atoms with Gasteiger partial charge in [0.2, 0.25) is 0 Å². The number of hydrogen-bond acceptors (Lipinski definition) is 2. The lowest BCUT2D eigenvalue weighted by Gasteiger charge is -2.29. The highest BCUT2D eigenvalue weighted by molar-refractivity contribution is 5.76. The molecule has 0 saturated heterocycles. The smallest absolute Gasteiger partial charge is 0.114 e. The van der Waals surface area contributed by atoms with E-state index in [0.29, 0.717) is 6.54 Å². The summed E-state index contributed by atoms with van der Waals surface area (Å²) in [5.74, 6) is 1.11. The van der Waals surface area contributed by atoms with E-state index >= 15 is 0 Å². The van der Waals surface area contributed by atoms with Crippen LogP contribution in [0.4, 0.5) is 0 Å². The van der Waals surface area contributed by atoms with Gasteiger partial charge >= 0.3 is 0 Å². The van der Waals surface area contributed by atoms with Gasteiger partial charge in [0.25, 0.3) is 0 Å². The SMILES string of the molecule is Cc1ccc2nc(C3(CN)CCCCCC3)[nH]c2c1. The number of H-pyrrole nitrogens is 1. The maximum Gasteiger partial charge on any atom is 0.114 e. The van der Waals surface area contributed by atoms with Crippen LogP contribution < -0.4 is 5.73 Å². The summed E-state index contributed by atoms with van der Waals surface area (Å²) in [6.07, 6.45) is 7.55. The van der Waals surface area contributed by atoms with E-state index < -0.39 is 0 Å². The van der Waals surface area contributed by atoms with Crippen molar-refractivity contribution < 1.29 is 0 Å². The molecule has 0 radical (unpaired) electrons. The first kappa shape index (κ1) is 12.7. The van der Waals surface area contributed by atoms with Crippen molar-refractivity contribution in [2.24, 2.45) is 5.73 Å². The van der Waals surface area contributed by atoms with Crippen LogP contribution in [0.3, 0.4) is 0 Å². The second-order valence-electron chi connectivity index (χ2n) is 6.00. The molecule has 19 heavy (non-hydrogen) atoms. The van der Waals surface area contributed by atoms with Crippen molar-refractivity contribution >= 4 is 11.0 Å². The number of nitrogens with two attached hydrogens (primary N) is 1. The summed E-state index contributed by atoms with van der Waals surface area (Å²) in [7, 11) is 0. The number of aryl methyl sites for hydroxylation is 1. The molecule has 1 aromatic carbocycles. The van der Waals surface area contributed by atoms with Gasteiger partial charge in [0.1, 0.15) is 5.82 Å². The molecule has 0 amide bonds. The Hall–Kier alpha value is -1.35. The Kier molecular flexibility index (Phi) is 3.31. The molecular weight excluding hydrogens is 234 g/mol. The first-order chi connectivity index (χ1) is 9.23. The lowest BCUT2D eigenvalue weighted by atomic mass is 9.79. The van der Waals surface area contributed by atoms with Crippen LogP contribution in [0.2, 0.25) is 0 Å². The topological polar surface area (TPSA) is 54.7 Å². The van der Waals surface area contributed by atoms with Gasteiger partial charge in [0.15, 0.2) is 0 Å². The minimum absolute atomic E-state index is 0.0728. The number of hydrogen-bond donors (Lipinski definition) is 2. The molecule has 102 valence electrons. The molecule has 1 aliphatic rings. The Labute approximate surface area is 114 Å². The van der Waals surface area contributed by atoms with Gasteiger partial charge < -0.3 is 10.7 Å². The summed E-state index contributed by atoms with van der Waals surface area (Å²) in [5, 5.41) is 0. The van der Waals surface area contributed by atoms with Crippen LogP contribution in [0.5, 0.6) is 0 Å². The predicted molar refractivity (Wildman–Crippen MR) is 79.3 cm³/mol. The highest BCUT2D eigenvalue weighted by Gasteiger charge is 2.34. The van der Waals surface area contributed by atoms with Gasteiger partial charge in [-0.1, -0.05) is 31.7 Å². The minimum atomic E-state index is 0.0728. The Morgan fingerprint density at radius 2 is 1.95 bits per heavy atom. The summed E-state index contributed by atoms with van der Waals surface area (Å²) in [6, 6.07) is 6.40. The molecule has 3 N–H and O–H groups in total. The Morgan fingerprint density at radius 1 is 1.21 bits per heavy atom. The van der Waals surface area contributed by atoms with E-state index in [1.165, 1.54) is 44.1 Å². The Balaban J connectivity index is 2.04. The van der Waals surface area contributed by atoms with Crippen molar-refractivity contribution in [2.45, 2.75) is 50.9 Å². The van der Waals surface area contributed by atoms with E-state index in [1.807, 2.05) is 0 Å². The number of aromatic nitrogens is 2. The van der Waals surface area contributed by atoms with Crippen molar-refractivity contribution in [1.82, 2.24) is 9.97 Å². The van der Waals surface area contributed by atoms with E-state index in [2.05, 4.69) is 30.1 Å². The second kappa shape index (κ2) is 4.97. The summed E-state index contributed by atoms with van der Waals surface area (Å²) in [5.41, 5.74) is 9.69. The third-order valence-electron chi connectivity index (χ3n) is 4.59. The maximum atomic E-state index is 6.13. The minimum Gasteiger partial charge on any atom is -0.341 e. The summed E-state index contributed by atoms with van der Waals surface area (Å²) in [6.45, 7) is 2.82. The standard InChI is InChI=1S/C16H23N3/c1-12-6-7-13-14(10-12)19-15(18-13)16(11-17)8-4-2-3-5-9-16/h6-7,10H,2-5,8-9,11,17H2,1H3,(H,18,19). The van der Waals surface area contributed by atoms with Gasteiger partial charge in [-0.05, 0) is 37.5 Å². The van der Waals surface area contributed by atoms with Gasteiger partial charge in [-0.15, -0.1) is 0 Å². The molecule has 2 aromatic rings. The number of nitrogens with zero attached hydrogens (tertiary/aromatic N) is 1. The lowest BCUT2D eigenvalue weighted by molar-refractivity contribution is 0.363. The average Bonchev–Trinajstić information content (AvgIpc) is 2.69. The lowest BCUT2D eigenvalue weighted by Crippen LogP contribution is -2.35. The molecule has 0 unspecified atom stereocenters. The molecule has 0 bridgehead atoms. The molecule has 1 saturated carbocycles. The number of rotatable bonds is 2. The monoisotopic (exact) mass is 257 g/mol. The maximum absolute atomic E-state index is 6.13. The highest BCUT2D eigenvalue weighted by atomic mass is 14.9. The number of imidazole rings is 1. The van der Waals surface area contributed by atoms with Gasteiger partial charge in [0, 0.05) is 12.0 Å². The number of benzene rings is 1. The highest BCUT2D eigenvalue weighted by Crippen LogP contribution is 2.36. The third-order valence-corrected chi connectivity index (χ3v) is 4.59. The van der Waals surface area contributed by atoms with Crippen molar-refractivity contribution in [3.8, 4) is 0 Å². The van der Waals surface area contributed by atoms with E-state index in [0.717, 1.165) is 16.9 Å². The predicted octanol–water partition coefficient (Wildman–Crippen LogP) is 3.42. The molecule has 0 atom stereocenters. The number of nitrogens with one attached hydrogen (secondary N) is 1. The second-order valence-corrected chi connectivity index (χ2v) is 6.00. The quantitative estimate of drug-likeness (QED) is 0.810. The Bertz CT molecular complexity index is 562. The van der Waals surface area contributed by atoms with Crippen LogP contribution in [-0.4, -0.2) is 16.5 Å². The largest absolute Gasteiger partial charge is 0.341 e. The molecule has 3 nitrogen and oxygen atoms in total. The van der Waals surface area contributed by atoms with Crippen LogP contribution in [-0.2, 0) is 5.41 Å². The molecule has 1 aliphatic carbocycles. The van der Waals surface area contributed by atoms with Crippen molar-refractivity contribution in [3.05, 3.63) is 29.6 Å². The van der Waals surface area contributed by atoms with Crippen LogP contribution in [0.25, 0.3) is 11.0 Å². The summed E-state index contributed by atoms with van der Waals surface area (Å²) in [4.78, 5) is 8.36. The van der Waals surface area contributed by atoms with Crippen molar-refractivity contribution in [2.75, 3.05) is 6.54 Å². The number of aromatic amines is 1. The molecule has 0 aliphatic heterocycles. The van der Waals surface area contributed by atoms with Crippen LogP contribution in [0.1, 0.15) is 49.9 Å². The molecule has 3 heteroatoms. The van der Waals surface area contributed by atoms with Crippen LogP contribution in [0.15, 0.2) is 18.2 Å². The van der Waals surface area contributed by atoms with Gasteiger partial charge in [-0.25, -0.2) is 4.98 Å². The summed E-state index contributed by atoms with van der Waals surface area (Å²) >= 11 is 0. The van der Waals surface area contributed by atoms with Crippen LogP contribution >= 0.6 is 0 Å². The van der Waals surface area contributed by atoms with Crippen molar-refractivity contribution in [1.29, 1.82) is 0 Å². The fourth-order valence-corrected chi connectivity index (χ4v) is 3.32. The zero-order valence-corrected chi connectivity index (χ0v) is 11.7. The van der Waals surface area contributed by atoms with Gasteiger partial charge in [-0.2, -0.15) is 0 Å². The first-order valence-electron chi connectivity index (χ1n) is 7.40. The van der Waals surface area contributed by atoms with Crippen molar-refractivity contribution in [3.63, 3.8) is 0 Å². The molecule has 0 spiro atoms. The van der Waals surface area contributed by atoms with Gasteiger partial charge in [-0.3, -0.25) is 0 Å². The van der Waals surface area contributed by atoms with E-state index in [9.17, 15) is 0 Å². The fourth-order valence-electron chi connectivity index (χ4n) is 3.32. The summed E-state index contributed by atoms with van der Waals surface area (Å²) < 4.78 is 0. The average molecular weight is 257 g/mol. The molecular formula is C16H23N3. The normalized spacial score (nSPS) is 19.5. The molecule has 1 fully saturated rings. The molecule has 3 rings (SSSR count).